The SMILES string of the molecule is CCCc1nc(C2CC2C)sc1C(=O)O. The van der Waals surface area contributed by atoms with Gasteiger partial charge in [0.1, 0.15) is 4.88 Å². The fraction of sp³-hybridized carbons (Fsp3) is 0.636. The fourth-order valence-electron chi connectivity index (χ4n) is 1.77. The van der Waals surface area contributed by atoms with E-state index in [4.69, 9.17) is 5.11 Å². The number of hydrogen-bond donors (Lipinski definition) is 1. The van der Waals surface area contributed by atoms with Crippen molar-refractivity contribution in [3.8, 4) is 0 Å². The molecule has 3 nitrogen and oxygen atoms in total. The number of carbonyl (C=O) groups is 1. The van der Waals surface area contributed by atoms with Crippen LogP contribution in [0.4, 0.5) is 0 Å². The third kappa shape index (κ3) is 2.04. The molecule has 2 rings (SSSR count). The average molecular weight is 225 g/mol. The second-order valence-corrected chi connectivity index (χ2v) is 5.23. The summed E-state index contributed by atoms with van der Waals surface area (Å²) in [4.78, 5) is 15.9. The van der Waals surface area contributed by atoms with E-state index in [-0.39, 0.29) is 0 Å². The summed E-state index contributed by atoms with van der Waals surface area (Å²) in [6.45, 7) is 4.23. The van der Waals surface area contributed by atoms with Crippen molar-refractivity contribution < 1.29 is 9.90 Å². The van der Waals surface area contributed by atoms with Gasteiger partial charge in [-0.05, 0) is 18.8 Å². The van der Waals surface area contributed by atoms with E-state index in [1.807, 2.05) is 6.92 Å². The average Bonchev–Trinajstić information content (AvgIpc) is 2.76. The monoisotopic (exact) mass is 225 g/mol. The van der Waals surface area contributed by atoms with Gasteiger partial charge in [-0.3, -0.25) is 0 Å². The van der Waals surface area contributed by atoms with Gasteiger partial charge in [0.05, 0.1) is 10.7 Å². The van der Waals surface area contributed by atoms with Crippen molar-refractivity contribution in [2.24, 2.45) is 5.92 Å². The van der Waals surface area contributed by atoms with Crippen molar-refractivity contribution in [1.29, 1.82) is 0 Å². The highest BCUT2D eigenvalue weighted by atomic mass is 32.1. The molecule has 0 saturated heterocycles. The zero-order valence-corrected chi connectivity index (χ0v) is 9.80. The number of thiazole rings is 1. The number of rotatable bonds is 4. The summed E-state index contributed by atoms with van der Waals surface area (Å²) < 4.78 is 0. The van der Waals surface area contributed by atoms with E-state index >= 15 is 0 Å². The van der Waals surface area contributed by atoms with Crippen LogP contribution in [0.1, 0.15) is 53.0 Å². The molecule has 82 valence electrons. The second kappa shape index (κ2) is 3.93. The maximum absolute atomic E-state index is 11.0. The highest BCUT2D eigenvalue weighted by Crippen LogP contribution is 2.48. The van der Waals surface area contributed by atoms with E-state index in [1.54, 1.807) is 0 Å². The molecule has 0 aliphatic heterocycles. The van der Waals surface area contributed by atoms with Crippen LogP contribution in [0.5, 0.6) is 0 Å². The molecule has 4 heteroatoms. The number of aryl methyl sites for hydroxylation is 1. The molecule has 2 unspecified atom stereocenters. The summed E-state index contributed by atoms with van der Waals surface area (Å²) in [6.07, 6.45) is 2.89. The lowest BCUT2D eigenvalue weighted by Crippen LogP contribution is -1.98. The van der Waals surface area contributed by atoms with Gasteiger partial charge in [-0.25, -0.2) is 9.78 Å². The van der Waals surface area contributed by atoms with Crippen LogP contribution in [0.25, 0.3) is 0 Å². The molecule has 1 heterocycles. The quantitative estimate of drug-likeness (QED) is 0.857. The molecule has 0 amide bonds. The Hall–Kier alpha value is -0.900. The van der Waals surface area contributed by atoms with Crippen molar-refractivity contribution in [1.82, 2.24) is 4.98 Å². The van der Waals surface area contributed by atoms with Crippen LogP contribution in [0, 0.1) is 5.92 Å². The van der Waals surface area contributed by atoms with Gasteiger partial charge in [-0.2, -0.15) is 0 Å². The van der Waals surface area contributed by atoms with Gasteiger partial charge in [-0.1, -0.05) is 20.3 Å². The van der Waals surface area contributed by atoms with Crippen molar-refractivity contribution >= 4 is 17.3 Å². The third-order valence-corrected chi connectivity index (χ3v) is 4.04. The maximum atomic E-state index is 11.0. The molecular formula is C11H15NO2S. The van der Waals surface area contributed by atoms with Gasteiger partial charge in [0, 0.05) is 5.92 Å². The predicted molar refractivity (Wildman–Crippen MR) is 59.6 cm³/mol. The smallest absolute Gasteiger partial charge is 0.347 e. The number of nitrogens with zero attached hydrogens (tertiary/aromatic N) is 1. The van der Waals surface area contributed by atoms with E-state index in [2.05, 4.69) is 11.9 Å². The number of hydrogen-bond acceptors (Lipinski definition) is 3. The summed E-state index contributed by atoms with van der Waals surface area (Å²) in [5, 5.41) is 10.1. The molecule has 1 fully saturated rings. The number of carboxylic acid groups (broad SMARTS) is 1. The Morgan fingerprint density at radius 2 is 2.33 bits per heavy atom. The summed E-state index contributed by atoms with van der Waals surface area (Å²) in [6, 6.07) is 0. The van der Waals surface area contributed by atoms with Crippen LogP contribution in [0.15, 0.2) is 0 Å². The summed E-state index contributed by atoms with van der Waals surface area (Å²) in [7, 11) is 0. The lowest BCUT2D eigenvalue weighted by molar-refractivity contribution is 0.0700. The second-order valence-electron chi connectivity index (χ2n) is 4.20. The predicted octanol–water partition coefficient (Wildman–Crippen LogP) is 2.92. The third-order valence-electron chi connectivity index (χ3n) is 2.82. The minimum atomic E-state index is -0.824. The molecule has 1 aliphatic rings. The van der Waals surface area contributed by atoms with Crippen LogP contribution >= 0.6 is 11.3 Å². The van der Waals surface area contributed by atoms with E-state index in [9.17, 15) is 4.79 Å². The maximum Gasteiger partial charge on any atom is 0.347 e. The summed E-state index contributed by atoms with van der Waals surface area (Å²) >= 11 is 1.37. The molecule has 0 radical (unpaired) electrons. The molecule has 0 bridgehead atoms. The number of carboxylic acids is 1. The normalized spacial score (nSPS) is 24.1. The first kappa shape index (κ1) is 10.6. The molecule has 1 aliphatic carbocycles. The summed E-state index contributed by atoms with van der Waals surface area (Å²) in [5.41, 5.74) is 0.782. The minimum absolute atomic E-state index is 0.450. The van der Waals surface area contributed by atoms with Crippen LogP contribution in [-0.4, -0.2) is 16.1 Å². The lowest BCUT2D eigenvalue weighted by Gasteiger charge is -1.93. The zero-order valence-electron chi connectivity index (χ0n) is 8.99. The van der Waals surface area contributed by atoms with E-state index in [0.29, 0.717) is 16.7 Å². The Balaban J connectivity index is 2.27. The van der Waals surface area contributed by atoms with Crippen molar-refractivity contribution in [2.45, 2.75) is 39.0 Å². The van der Waals surface area contributed by atoms with Gasteiger partial charge in [0.2, 0.25) is 0 Å². The Morgan fingerprint density at radius 1 is 1.67 bits per heavy atom. The van der Waals surface area contributed by atoms with Crippen molar-refractivity contribution in [3.63, 3.8) is 0 Å². The molecular weight excluding hydrogens is 210 g/mol. The van der Waals surface area contributed by atoms with Gasteiger partial charge in [0.15, 0.2) is 0 Å². The first-order chi connectivity index (χ1) is 7.13. The first-order valence-electron chi connectivity index (χ1n) is 5.36. The van der Waals surface area contributed by atoms with E-state index < -0.39 is 5.97 Å². The Labute approximate surface area is 93.2 Å². The van der Waals surface area contributed by atoms with Crippen LogP contribution < -0.4 is 0 Å². The highest BCUT2D eigenvalue weighted by molar-refractivity contribution is 7.13. The molecule has 1 aromatic heterocycles. The van der Waals surface area contributed by atoms with E-state index in [0.717, 1.165) is 30.0 Å². The minimum Gasteiger partial charge on any atom is -0.477 e. The van der Waals surface area contributed by atoms with Crippen LogP contribution in [0.2, 0.25) is 0 Å². The molecule has 0 aromatic carbocycles. The van der Waals surface area contributed by atoms with Gasteiger partial charge >= 0.3 is 5.97 Å². The summed E-state index contributed by atoms with van der Waals surface area (Å²) in [5.74, 6) is 0.390. The Kier molecular flexibility index (Phi) is 2.78. The van der Waals surface area contributed by atoms with Crippen molar-refractivity contribution in [3.05, 3.63) is 15.6 Å². The van der Waals surface area contributed by atoms with Crippen molar-refractivity contribution in [2.75, 3.05) is 0 Å². The highest BCUT2D eigenvalue weighted by Gasteiger charge is 2.37. The van der Waals surface area contributed by atoms with Gasteiger partial charge < -0.3 is 5.11 Å². The molecule has 1 N–H and O–H groups in total. The van der Waals surface area contributed by atoms with Gasteiger partial charge in [-0.15, -0.1) is 11.3 Å². The topological polar surface area (TPSA) is 50.2 Å². The Morgan fingerprint density at radius 3 is 2.80 bits per heavy atom. The molecule has 1 aromatic rings. The first-order valence-corrected chi connectivity index (χ1v) is 6.18. The lowest BCUT2D eigenvalue weighted by atomic mass is 10.2. The molecule has 0 spiro atoms. The molecule has 1 saturated carbocycles. The number of aromatic carboxylic acids is 1. The largest absolute Gasteiger partial charge is 0.477 e. The number of aromatic nitrogens is 1. The van der Waals surface area contributed by atoms with Crippen LogP contribution in [0.3, 0.4) is 0 Å². The Bertz CT molecular complexity index is 386. The standard InChI is InChI=1S/C11H15NO2S/c1-3-4-8-9(11(13)14)15-10(12-8)7-5-6(7)2/h6-7H,3-5H2,1-2H3,(H,13,14). The molecule has 2 atom stereocenters. The molecule has 15 heavy (non-hydrogen) atoms. The fourth-order valence-corrected chi connectivity index (χ4v) is 2.97. The van der Waals surface area contributed by atoms with E-state index in [1.165, 1.54) is 11.3 Å². The van der Waals surface area contributed by atoms with Crippen LogP contribution in [-0.2, 0) is 6.42 Å². The zero-order chi connectivity index (χ0) is 11.0. The van der Waals surface area contributed by atoms with Gasteiger partial charge in [0.25, 0.3) is 0 Å².